The van der Waals surface area contributed by atoms with Crippen LogP contribution in [-0.2, 0) is 4.74 Å². The Bertz CT molecular complexity index is 450. The van der Waals surface area contributed by atoms with Crippen LogP contribution in [0.25, 0.3) is 0 Å². The summed E-state index contributed by atoms with van der Waals surface area (Å²) in [7, 11) is 0. The highest BCUT2D eigenvalue weighted by Crippen LogP contribution is 2.24. The maximum absolute atomic E-state index is 11.4. The molecule has 0 saturated carbocycles. The summed E-state index contributed by atoms with van der Waals surface area (Å²) in [6, 6.07) is 0. The van der Waals surface area contributed by atoms with Crippen molar-refractivity contribution >= 4 is 33.8 Å². The number of hydrogen-bond donors (Lipinski definition) is 3. The molecule has 1 aromatic heterocycles. The van der Waals surface area contributed by atoms with Crippen molar-refractivity contribution in [2.45, 2.75) is 26.4 Å². The molecule has 8 heteroatoms. The predicted molar refractivity (Wildman–Crippen MR) is 63.1 cm³/mol. The Morgan fingerprint density at radius 3 is 2.47 bits per heavy atom. The molecule has 7 nitrogen and oxygen atoms in total. The maximum atomic E-state index is 11.4. The number of nitrogens with zero attached hydrogens (tertiary/aromatic N) is 1. The lowest BCUT2D eigenvalue weighted by atomic mass is 10.2. The van der Waals surface area contributed by atoms with E-state index in [4.69, 9.17) is 9.84 Å². The fourth-order valence-electron chi connectivity index (χ4n) is 0.953. The van der Waals surface area contributed by atoms with Gasteiger partial charge in [-0.25, -0.2) is 9.59 Å². The third kappa shape index (κ3) is 3.74. The highest BCUT2D eigenvalue weighted by Gasteiger charge is 2.21. The zero-order chi connectivity index (χ0) is 13.2. The number of carbonyl (C=O) groups excluding carboxylic acids is 1. The molecule has 0 aromatic carbocycles. The van der Waals surface area contributed by atoms with E-state index in [9.17, 15) is 9.59 Å². The Kier molecular flexibility index (Phi) is 3.76. The first-order valence-electron chi connectivity index (χ1n) is 4.68. The van der Waals surface area contributed by atoms with E-state index in [1.165, 1.54) is 0 Å². The summed E-state index contributed by atoms with van der Waals surface area (Å²) in [5, 5.41) is 17.0. The number of amides is 1. The molecular weight excluding hydrogens is 294 g/mol. The SMILES string of the molecule is CC(C)(C)OC(=O)Nc1n[nH]c(C(=O)O)c1Br. The summed E-state index contributed by atoms with van der Waals surface area (Å²) in [6.45, 7) is 5.15. The highest BCUT2D eigenvalue weighted by atomic mass is 79.9. The number of aromatic amines is 1. The molecule has 0 fully saturated rings. The van der Waals surface area contributed by atoms with E-state index in [1.54, 1.807) is 20.8 Å². The van der Waals surface area contributed by atoms with Gasteiger partial charge in [-0.1, -0.05) is 0 Å². The molecule has 0 spiro atoms. The third-order valence-electron chi connectivity index (χ3n) is 1.54. The molecule has 0 aliphatic heterocycles. The van der Waals surface area contributed by atoms with Crippen molar-refractivity contribution in [3.8, 4) is 0 Å². The van der Waals surface area contributed by atoms with Crippen LogP contribution < -0.4 is 5.32 Å². The van der Waals surface area contributed by atoms with Crippen LogP contribution >= 0.6 is 15.9 Å². The van der Waals surface area contributed by atoms with E-state index < -0.39 is 17.7 Å². The highest BCUT2D eigenvalue weighted by molar-refractivity contribution is 9.10. The van der Waals surface area contributed by atoms with E-state index in [-0.39, 0.29) is 16.0 Å². The minimum absolute atomic E-state index is 0.0663. The minimum atomic E-state index is -1.18. The molecule has 1 heterocycles. The fraction of sp³-hybridized carbons (Fsp3) is 0.444. The molecule has 1 amide bonds. The van der Waals surface area contributed by atoms with Crippen LogP contribution in [0.3, 0.4) is 0 Å². The van der Waals surface area contributed by atoms with Crippen LogP contribution in [0.4, 0.5) is 10.6 Å². The smallest absolute Gasteiger partial charge is 0.413 e. The predicted octanol–water partition coefficient (Wildman–Crippen LogP) is 2.22. The molecule has 3 N–H and O–H groups in total. The Morgan fingerprint density at radius 1 is 1.47 bits per heavy atom. The zero-order valence-corrected chi connectivity index (χ0v) is 11.1. The van der Waals surface area contributed by atoms with Crippen LogP contribution in [0, 0.1) is 0 Å². The quantitative estimate of drug-likeness (QED) is 0.777. The first-order valence-corrected chi connectivity index (χ1v) is 5.47. The number of halogens is 1. The fourth-order valence-corrected chi connectivity index (χ4v) is 1.40. The van der Waals surface area contributed by atoms with Gasteiger partial charge in [-0.05, 0) is 36.7 Å². The molecule has 1 rings (SSSR count). The molecule has 0 aliphatic rings. The normalized spacial score (nSPS) is 11.1. The van der Waals surface area contributed by atoms with Crippen LogP contribution in [0.2, 0.25) is 0 Å². The van der Waals surface area contributed by atoms with E-state index in [0.717, 1.165) is 0 Å². The number of hydrogen-bond acceptors (Lipinski definition) is 4. The van der Waals surface area contributed by atoms with Crippen LogP contribution in [-0.4, -0.2) is 33.0 Å². The standard InChI is InChI=1S/C9H12BrN3O4/c1-9(2,3)17-8(16)11-6-4(10)5(7(14)15)12-13-6/h1-3H3,(H,14,15)(H2,11,12,13,16). The van der Waals surface area contributed by atoms with Gasteiger partial charge < -0.3 is 9.84 Å². The van der Waals surface area contributed by atoms with Gasteiger partial charge in [-0.2, -0.15) is 5.10 Å². The number of aromatic nitrogens is 2. The number of nitrogens with one attached hydrogen (secondary N) is 2. The number of H-pyrrole nitrogens is 1. The zero-order valence-electron chi connectivity index (χ0n) is 9.50. The average molecular weight is 306 g/mol. The van der Waals surface area contributed by atoms with Crippen molar-refractivity contribution in [3.05, 3.63) is 10.2 Å². The van der Waals surface area contributed by atoms with Gasteiger partial charge >= 0.3 is 12.1 Å². The van der Waals surface area contributed by atoms with Gasteiger partial charge in [0, 0.05) is 0 Å². The monoisotopic (exact) mass is 305 g/mol. The minimum Gasteiger partial charge on any atom is -0.476 e. The number of anilines is 1. The van der Waals surface area contributed by atoms with E-state index in [2.05, 4.69) is 31.4 Å². The maximum Gasteiger partial charge on any atom is 0.413 e. The summed E-state index contributed by atoms with van der Waals surface area (Å²) < 4.78 is 5.16. The molecule has 0 saturated heterocycles. The summed E-state index contributed by atoms with van der Waals surface area (Å²) in [4.78, 5) is 22.1. The van der Waals surface area contributed by atoms with Gasteiger partial charge in [0.2, 0.25) is 0 Å². The number of carboxylic acids is 1. The molecule has 0 aliphatic carbocycles. The largest absolute Gasteiger partial charge is 0.476 e. The van der Waals surface area contributed by atoms with Crippen molar-refractivity contribution < 1.29 is 19.4 Å². The lowest BCUT2D eigenvalue weighted by Crippen LogP contribution is -2.27. The second-order valence-electron chi connectivity index (χ2n) is 4.19. The van der Waals surface area contributed by atoms with Gasteiger partial charge in [0.1, 0.15) is 5.60 Å². The van der Waals surface area contributed by atoms with Gasteiger partial charge in [-0.3, -0.25) is 10.4 Å². The van der Waals surface area contributed by atoms with Crippen LogP contribution in [0.5, 0.6) is 0 Å². The van der Waals surface area contributed by atoms with Gasteiger partial charge in [-0.15, -0.1) is 0 Å². The van der Waals surface area contributed by atoms with Crippen molar-refractivity contribution in [1.29, 1.82) is 0 Å². The molecule has 1 aromatic rings. The van der Waals surface area contributed by atoms with Crippen molar-refractivity contribution in [3.63, 3.8) is 0 Å². The second kappa shape index (κ2) is 4.74. The molecule has 17 heavy (non-hydrogen) atoms. The lowest BCUT2D eigenvalue weighted by molar-refractivity contribution is 0.0632. The summed E-state index contributed by atoms with van der Waals surface area (Å²) in [6.07, 6.45) is -0.707. The molecule has 0 unspecified atom stereocenters. The molecule has 94 valence electrons. The second-order valence-corrected chi connectivity index (χ2v) is 4.99. The summed E-state index contributed by atoms with van der Waals surface area (Å²) in [5.74, 6) is -1.11. The average Bonchev–Trinajstić information content (AvgIpc) is 2.44. The Morgan fingerprint density at radius 2 is 2.06 bits per heavy atom. The number of rotatable bonds is 2. The van der Waals surface area contributed by atoms with Crippen LogP contribution in [0.15, 0.2) is 4.47 Å². The van der Waals surface area contributed by atoms with Gasteiger partial charge in [0.05, 0.1) is 4.47 Å². The van der Waals surface area contributed by atoms with E-state index >= 15 is 0 Å². The first-order chi connectivity index (χ1) is 7.70. The van der Waals surface area contributed by atoms with Crippen molar-refractivity contribution in [1.82, 2.24) is 10.2 Å². The lowest BCUT2D eigenvalue weighted by Gasteiger charge is -2.19. The first kappa shape index (κ1) is 13.5. The third-order valence-corrected chi connectivity index (χ3v) is 2.31. The number of aromatic carboxylic acids is 1. The molecule has 0 radical (unpaired) electrons. The van der Waals surface area contributed by atoms with Crippen molar-refractivity contribution in [2.75, 3.05) is 5.32 Å². The van der Waals surface area contributed by atoms with Crippen LogP contribution in [0.1, 0.15) is 31.3 Å². The van der Waals surface area contributed by atoms with Crippen molar-refractivity contribution in [2.24, 2.45) is 0 Å². The van der Waals surface area contributed by atoms with E-state index in [0.29, 0.717) is 0 Å². The number of carboxylic acid groups (broad SMARTS) is 1. The molecule has 0 atom stereocenters. The Labute approximate surface area is 106 Å². The Balaban J connectivity index is 2.76. The van der Waals surface area contributed by atoms with Gasteiger partial charge in [0.25, 0.3) is 0 Å². The van der Waals surface area contributed by atoms with E-state index in [1.807, 2.05) is 0 Å². The van der Waals surface area contributed by atoms with Gasteiger partial charge in [0.15, 0.2) is 11.5 Å². The molecular formula is C9H12BrN3O4. The number of carbonyl (C=O) groups is 2. The summed E-state index contributed by atoms with van der Waals surface area (Å²) in [5.41, 5.74) is -0.779. The topological polar surface area (TPSA) is 104 Å². The molecule has 0 bridgehead atoms. The Hall–Kier alpha value is -1.57. The summed E-state index contributed by atoms with van der Waals surface area (Å²) >= 11 is 3.02. The number of ether oxygens (including phenoxy) is 1.